The molecule has 1 aromatic rings. The Labute approximate surface area is 201 Å². The number of rotatable bonds is 11. The van der Waals surface area contributed by atoms with E-state index in [0.717, 1.165) is 6.42 Å². The summed E-state index contributed by atoms with van der Waals surface area (Å²) in [6, 6.07) is 10.0. The number of nitrogens with one attached hydrogen (secondary N) is 1. The molecule has 1 aromatic carbocycles. The van der Waals surface area contributed by atoms with Gasteiger partial charge in [0.15, 0.2) is 20.5 Å². The number of carbonyl (C=O) groups excluding carboxylic acids is 1. The zero-order valence-electron chi connectivity index (χ0n) is 22.3. The first-order valence-corrected chi connectivity index (χ1v) is 14.7. The van der Waals surface area contributed by atoms with Gasteiger partial charge >= 0.3 is 5.97 Å². The van der Waals surface area contributed by atoms with Crippen LogP contribution in [0, 0.1) is 0 Å². The molecule has 0 aliphatic carbocycles. The second kappa shape index (κ2) is 13.2. The van der Waals surface area contributed by atoms with Crippen molar-refractivity contribution < 1.29 is 33.2 Å². The molecule has 3 unspecified atom stereocenters. The van der Waals surface area contributed by atoms with E-state index in [1.54, 1.807) is 0 Å². The number of carbonyl (C=O) groups is 2. The smallest absolute Gasteiger partial charge is 0.337 e. The summed E-state index contributed by atoms with van der Waals surface area (Å²) in [4.78, 5) is 22.8. The second-order valence-corrected chi connectivity index (χ2v) is 16.1. The van der Waals surface area contributed by atoms with Crippen LogP contribution in [0.15, 0.2) is 30.3 Å². The second-order valence-electron chi connectivity index (χ2n) is 11.6. The number of amides is 1. The topological polar surface area (TPSA) is 95.9 Å². The van der Waals surface area contributed by atoms with Crippen LogP contribution in [0.2, 0.25) is 19.6 Å². The van der Waals surface area contributed by atoms with Gasteiger partial charge in [0.1, 0.15) is 13.1 Å². The lowest BCUT2D eigenvalue weighted by Crippen LogP contribution is -2.49. The number of carboxylic acids is 1. The molecule has 0 aromatic heterocycles. The van der Waals surface area contributed by atoms with E-state index < -0.39 is 26.5 Å². The molecule has 0 bridgehead atoms. The molecule has 0 fully saturated rings. The molecule has 3 N–H and O–H groups in total. The summed E-state index contributed by atoms with van der Waals surface area (Å²) in [5.74, 6) is -1.16. The highest BCUT2D eigenvalue weighted by atomic mass is 28.4. The number of aliphatic hydroxyl groups excluding tert-OH is 1. The normalized spacial score (nSPS) is 15.0. The summed E-state index contributed by atoms with van der Waals surface area (Å²) in [5.41, 5.74) is 1.18. The van der Waals surface area contributed by atoms with E-state index >= 15 is 0 Å². The van der Waals surface area contributed by atoms with E-state index in [2.05, 4.69) is 5.32 Å². The molecule has 33 heavy (non-hydrogen) atoms. The van der Waals surface area contributed by atoms with Crippen LogP contribution in [0.4, 0.5) is 0 Å². The first kappa shape index (κ1) is 31.2. The van der Waals surface area contributed by atoms with Crippen LogP contribution >= 0.6 is 0 Å². The molecule has 0 saturated carbocycles. The highest BCUT2D eigenvalue weighted by Gasteiger charge is 2.30. The van der Waals surface area contributed by atoms with Gasteiger partial charge in [-0.1, -0.05) is 30.3 Å². The van der Waals surface area contributed by atoms with Crippen molar-refractivity contribution in [1.29, 1.82) is 0 Å². The fourth-order valence-corrected chi connectivity index (χ4v) is 4.08. The third-order valence-corrected chi connectivity index (χ3v) is 5.27. The molecule has 9 heteroatoms. The monoisotopic (exact) mass is 485 g/mol. The van der Waals surface area contributed by atoms with E-state index in [1.165, 1.54) is 5.56 Å². The van der Waals surface area contributed by atoms with Gasteiger partial charge in [0.25, 0.3) is 5.91 Å². The number of likely N-dealkylation sites (N-methyl/N-ethyl adjacent to an activating group) is 2. The minimum Gasteiger partial charge on any atom is -0.479 e. The highest BCUT2D eigenvalue weighted by molar-refractivity contribution is 6.69. The van der Waals surface area contributed by atoms with Crippen LogP contribution in [-0.2, 0) is 20.4 Å². The van der Waals surface area contributed by atoms with E-state index in [4.69, 9.17) is 9.53 Å². The van der Waals surface area contributed by atoms with Gasteiger partial charge in [-0.05, 0) is 38.5 Å². The minimum absolute atomic E-state index is 0.0111. The minimum atomic E-state index is -1.77. The summed E-state index contributed by atoms with van der Waals surface area (Å²) in [6.07, 6.45) is -0.871. The number of benzene rings is 1. The van der Waals surface area contributed by atoms with E-state index in [0.29, 0.717) is 22.1 Å². The Morgan fingerprint density at radius 3 is 1.85 bits per heavy atom. The molecule has 1 rings (SSSR count). The number of hydrogen-bond donors (Lipinski definition) is 3. The van der Waals surface area contributed by atoms with Crippen molar-refractivity contribution in [3.8, 4) is 0 Å². The number of quaternary nitrogens is 2. The van der Waals surface area contributed by atoms with Gasteiger partial charge in [0.2, 0.25) is 0 Å². The Balaban J connectivity index is 0.000000653. The molecule has 0 spiro atoms. The molecule has 190 valence electrons. The Bertz CT molecular complexity index is 708. The standard InChI is InChI=1S/C15H24N2O2.C9H21NO3Si/c1-12(10-13-8-6-5-7-9-13)16-15(19)14(18)11-17(2,3)4;1-10(2,3)7-8(9(11)12)13-14(4,5)6/h5-9,12,14,18H,10-11H2,1-4H3;8H,7H2,1-6H3/p+2. The predicted octanol–water partition coefficient (Wildman–Crippen LogP) is 1.80. The molecular weight excluding hydrogens is 438 g/mol. The maximum atomic E-state index is 11.9. The zero-order valence-corrected chi connectivity index (χ0v) is 23.3. The van der Waals surface area contributed by atoms with Gasteiger partial charge in [-0.2, -0.15) is 0 Å². The average Bonchev–Trinajstić information content (AvgIpc) is 2.58. The Hall–Kier alpha value is -1.78. The fourth-order valence-electron chi connectivity index (χ4n) is 3.05. The maximum absolute atomic E-state index is 11.9. The molecule has 0 saturated heterocycles. The van der Waals surface area contributed by atoms with Crippen molar-refractivity contribution >= 4 is 20.2 Å². The van der Waals surface area contributed by atoms with Crippen LogP contribution in [0.5, 0.6) is 0 Å². The molecule has 1 amide bonds. The number of aliphatic hydroxyl groups is 1. The first-order chi connectivity index (χ1) is 14.8. The lowest BCUT2D eigenvalue weighted by Gasteiger charge is -2.30. The number of carboxylic acid groups (broad SMARTS) is 1. The predicted molar refractivity (Wildman–Crippen MR) is 135 cm³/mol. The fraction of sp³-hybridized carbons (Fsp3) is 0.667. The quantitative estimate of drug-likeness (QED) is 0.328. The summed E-state index contributed by atoms with van der Waals surface area (Å²) in [6.45, 7) is 8.85. The highest BCUT2D eigenvalue weighted by Crippen LogP contribution is 2.10. The molecular formula is C24H47N3O5Si+2. The molecule has 0 aliphatic rings. The Kier molecular flexibility index (Phi) is 12.5. The largest absolute Gasteiger partial charge is 0.479 e. The van der Waals surface area contributed by atoms with Crippen molar-refractivity contribution in [3.05, 3.63) is 35.9 Å². The first-order valence-electron chi connectivity index (χ1n) is 11.3. The van der Waals surface area contributed by atoms with Crippen LogP contribution < -0.4 is 5.32 Å². The van der Waals surface area contributed by atoms with Crippen molar-refractivity contribution in [2.24, 2.45) is 0 Å². The summed E-state index contributed by atoms with van der Waals surface area (Å²) < 4.78 is 6.75. The van der Waals surface area contributed by atoms with Crippen molar-refractivity contribution in [3.63, 3.8) is 0 Å². The lowest BCUT2D eigenvalue weighted by molar-refractivity contribution is -0.872. The SMILES string of the molecule is CC(Cc1ccccc1)NC(=O)C(O)C[N+](C)(C)C.C[N+](C)(C)CC(O[Si](C)(C)C)C(=O)O. The van der Waals surface area contributed by atoms with Crippen LogP contribution in [0.25, 0.3) is 0 Å². The third-order valence-electron chi connectivity index (χ3n) is 4.28. The summed E-state index contributed by atoms with van der Waals surface area (Å²) >= 11 is 0. The van der Waals surface area contributed by atoms with Crippen LogP contribution in [-0.4, -0.2) is 113 Å². The lowest BCUT2D eigenvalue weighted by atomic mass is 10.1. The number of hydrogen-bond acceptors (Lipinski definition) is 4. The van der Waals surface area contributed by atoms with Gasteiger partial charge in [-0.3, -0.25) is 4.79 Å². The molecule has 8 nitrogen and oxygen atoms in total. The zero-order chi connectivity index (χ0) is 26.0. The molecule has 0 radical (unpaired) electrons. The van der Waals surface area contributed by atoms with Gasteiger partial charge in [-0.15, -0.1) is 0 Å². The van der Waals surface area contributed by atoms with Gasteiger partial charge in [0.05, 0.1) is 42.3 Å². The van der Waals surface area contributed by atoms with Gasteiger partial charge in [0, 0.05) is 6.04 Å². The molecule has 0 aliphatic heterocycles. The number of nitrogens with zero attached hydrogens (tertiary/aromatic N) is 2. The number of aliphatic carboxylic acids is 1. The molecule has 0 heterocycles. The van der Waals surface area contributed by atoms with Crippen molar-refractivity contribution in [1.82, 2.24) is 5.32 Å². The third kappa shape index (κ3) is 17.4. The summed E-state index contributed by atoms with van der Waals surface area (Å²) in [7, 11) is 9.96. The van der Waals surface area contributed by atoms with Crippen LogP contribution in [0.3, 0.4) is 0 Å². The summed E-state index contributed by atoms with van der Waals surface area (Å²) in [5, 5.41) is 21.7. The van der Waals surface area contributed by atoms with E-state index in [1.807, 2.05) is 99.2 Å². The van der Waals surface area contributed by atoms with E-state index in [9.17, 15) is 14.7 Å². The molecule has 3 atom stereocenters. The van der Waals surface area contributed by atoms with E-state index in [-0.39, 0.29) is 11.9 Å². The van der Waals surface area contributed by atoms with Crippen molar-refractivity contribution in [2.75, 3.05) is 55.4 Å². The van der Waals surface area contributed by atoms with Gasteiger partial charge in [-0.25, -0.2) is 4.79 Å². The average molecular weight is 486 g/mol. The Morgan fingerprint density at radius 2 is 1.45 bits per heavy atom. The van der Waals surface area contributed by atoms with Crippen LogP contribution in [0.1, 0.15) is 12.5 Å². The Morgan fingerprint density at radius 1 is 0.970 bits per heavy atom. The van der Waals surface area contributed by atoms with Gasteiger partial charge < -0.3 is 28.9 Å². The maximum Gasteiger partial charge on any atom is 0.337 e. The van der Waals surface area contributed by atoms with Crippen molar-refractivity contribution in [2.45, 2.75) is 51.2 Å².